The lowest BCUT2D eigenvalue weighted by Crippen LogP contribution is -2.39. The summed E-state index contributed by atoms with van der Waals surface area (Å²) in [6.07, 6.45) is 1.82. The topological polar surface area (TPSA) is 88.4 Å². The third-order valence-electron chi connectivity index (χ3n) is 2.10. The molecule has 0 bridgehead atoms. The van der Waals surface area contributed by atoms with Gasteiger partial charge in [-0.15, -0.1) is 0 Å². The Morgan fingerprint density at radius 3 is 1.47 bits per heavy atom. The number of rotatable bonds is 9. The van der Waals surface area contributed by atoms with Crippen LogP contribution in [0.3, 0.4) is 0 Å². The van der Waals surface area contributed by atoms with E-state index in [9.17, 15) is 0 Å². The van der Waals surface area contributed by atoms with Gasteiger partial charge in [-0.05, 0) is 32.9 Å². The van der Waals surface area contributed by atoms with Crippen molar-refractivity contribution in [2.45, 2.75) is 53.1 Å². The Balaban J connectivity index is 0. The maximum Gasteiger partial charge on any atom is 0.671 e. The normalized spacial score (nSPS) is 12.0. The van der Waals surface area contributed by atoms with E-state index in [2.05, 4.69) is 17.9 Å². The van der Waals surface area contributed by atoms with Crippen molar-refractivity contribution in [3.05, 3.63) is 0 Å². The van der Waals surface area contributed by atoms with Crippen LogP contribution in [0.2, 0.25) is 12.6 Å². The largest absolute Gasteiger partial charge is 0.671 e. The Kier molecular flexibility index (Phi) is 13.5. The van der Waals surface area contributed by atoms with E-state index in [1.165, 1.54) is 0 Å². The van der Waals surface area contributed by atoms with Gasteiger partial charge in [0.15, 0.2) is 0 Å². The van der Waals surface area contributed by atoms with Gasteiger partial charge in [0, 0.05) is 19.8 Å². The first-order valence-electron chi connectivity index (χ1n) is 6.83. The summed E-state index contributed by atoms with van der Waals surface area (Å²) in [5.74, 6) is 0. The molecule has 0 heterocycles. The average Bonchev–Trinajstić information content (AvgIpc) is 2.27. The average molecular weight is 315 g/mol. The van der Waals surface area contributed by atoms with Crippen LogP contribution in [0.4, 0.5) is 0 Å². The molecule has 0 aromatic rings. The summed E-state index contributed by atoms with van der Waals surface area (Å²) in [4.78, 5) is 24.5. The fraction of sp³-hybridized carbons (Fsp3) is 1.00. The molecule has 0 saturated heterocycles. The quantitative estimate of drug-likeness (QED) is 0.557. The molecule has 0 unspecified atom stereocenters. The van der Waals surface area contributed by atoms with Gasteiger partial charge >= 0.3 is 17.6 Å². The SMILES string of the molecule is CCCO[Si](O)(O)O.CCC[Si](C)(OCC)OCC. The predicted molar refractivity (Wildman–Crippen MR) is 78.6 cm³/mol. The van der Waals surface area contributed by atoms with E-state index in [-0.39, 0.29) is 6.61 Å². The van der Waals surface area contributed by atoms with E-state index in [1.54, 1.807) is 6.92 Å². The molecule has 0 aliphatic heterocycles. The van der Waals surface area contributed by atoms with Gasteiger partial charge in [0.05, 0.1) is 0 Å². The maximum atomic E-state index is 8.18. The van der Waals surface area contributed by atoms with Gasteiger partial charge in [0.25, 0.3) is 0 Å². The molecule has 0 fully saturated rings. The standard InChI is InChI=1S/C8H20O2Si.C3H10O4Si/c1-5-8-11(4,9-6-2)10-7-3;1-2-3-7-8(4,5)6/h5-8H2,1-4H3;4-6H,2-3H2,1H3. The minimum atomic E-state index is -4.18. The molecule has 6 nitrogen and oxygen atoms in total. The second-order valence-electron chi connectivity index (χ2n) is 4.17. The molecule has 19 heavy (non-hydrogen) atoms. The van der Waals surface area contributed by atoms with Crippen LogP contribution in [0.1, 0.15) is 40.5 Å². The zero-order valence-electron chi connectivity index (χ0n) is 12.8. The highest BCUT2D eigenvalue weighted by molar-refractivity contribution is 6.66. The van der Waals surface area contributed by atoms with Crippen molar-refractivity contribution in [3.8, 4) is 0 Å². The van der Waals surface area contributed by atoms with E-state index in [0.717, 1.165) is 25.7 Å². The van der Waals surface area contributed by atoms with Gasteiger partial charge in [0.2, 0.25) is 0 Å². The first-order valence-corrected chi connectivity index (χ1v) is 11.1. The van der Waals surface area contributed by atoms with Gasteiger partial charge in [0.1, 0.15) is 0 Å². The molecule has 0 atom stereocenters. The van der Waals surface area contributed by atoms with Crippen molar-refractivity contribution in [1.82, 2.24) is 0 Å². The lowest BCUT2D eigenvalue weighted by atomic mass is 10.5. The lowest BCUT2D eigenvalue weighted by molar-refractivity contribution is 0.0636. The summed E-state index contributed by atoms with van der Waals surface area (Å²) in [7, 11) is -5.93. The molecule has 0 aliphatic carbocycles. The first kappa shape index (κ1) is 21.5. The van der Waals surface area contributed by atoms with E-state index in [1.807, 2.05) is 13.8 Å². The molecule has 0 amide bonds. The Hall–Kier alpha value is 0.194. The Labute approximate surface area is 119 Å². The van der Waals surface area contributed by atoms with Gasteiger partial charge in [-0.3, -0.25) is 0 Å². The summed E-state index contributed by atoms with van der Waals surface area (Å²) in [6.45, 7) is 11.9. The highest BCUT2D eigenvalue weighted by Gasteiger charge is 2.29. The van der Waals surface area contributed by atoms with Gasteiger partial charge in [-0.1, -0.05) is 20.3 Å². The van der Waals surface area contributed by atoms with Gasteiger partial charge < -0.3 is 27.7 Å². The molecule has 118 valence electrons. The Bertz CT molecular complexity index is 181. The van der Waals surface area contributed by atoms with Crippen molar-refractivity contribution in [3.63, 3.8) is 0 Å². The van der Waals surface area contributed by atoms with Crippen LogP contribution in [-0.2, 0) is 13.3 Å². The summed E-state index contributed by atoms with van der Waals surface area (Å²) in [5, 5.41) is 0. The zero-order valence-corrected chi connectivity index (χ0v) is 14.8. The molecule has 0 aromatic heterocycles. The summed E-state index contributed by atoms with van der Waals surface area (Å²) in [6, 6.07) is 1.11. The molecule has 8 heteroatoms. The molecular weight excluding hydrogens is 284 g/mol. The maximum absolute atomic E-state index is 8.18. The predicted octanol–water partition coefficient (Wildman–Crippen LogP) is 1.37. The van der Waals surface area contributed by atoms with Crippen molar-refractivity contribution in [2.24, 2.45) is 0 Å². The van der Waals surface area contributed by atoms with Crippen LogP contribution in [0.15, 0.2) is 0 Å². The first-order chi connectivity index (χ1) is 8.74. The second kappa shape index (κ2) is 12.0. The molecule has 0 radical (unpaired) electrons. The second-order valence-corrected chi connectivity index (χ2v) is 8.95. The minimum Gasteiger partial charge on any atom is -0.395 e. The van der Waals surface area contributed by atoms with Crippen molar-refractivity contribution >= 4 is 17.6 Å². The monoisotopic (exact) mass is 314 g/mol. The van der Waals surface area contributed by atoms with Crippen LogP contribution < -0.4 is 0 Å². The van der Waals surface area contributed by atoms with E-state index in [4.69, 9.17) is 23.2 Å². The minimum absolute atomic E-state index is 0.190. The number of hydrogen-bond donors (Lipinski definition) is 3. The van der Waals surface area contributed by atoms with Crippen molar-refractivity contribution in [2.75, 3.05) is 19.8 Å². The number of hydrogen-bond acceptors (Lipinski definition) is 6. The fourth-order valence-electron chi connectivity index (χ4n) is 1.49. The summed E-state index contributed by atoms with van der Waals surface area (Å²) < 4.78 is 15.4. The summed E-state index contributed by atoms with van der Waals surface area (Å²) >= 11 is 0. The molecule has 0 aromatic carbocycles. The molecule has 3 N–H and O–H groups in total. The van der Waals surface area contributed by atoms with Crippen LogP contribution in [-0.4, -0.2) is 51.8 Å². The molecule has 0 rings (SSSR count). The van der Waals surface area contributed by atoms with E-state index < -0.39 is 17.6 Å². The van der Waals surface area contributed by atoms with Gasteiger partial charge in [-0.2, -0.15) is 0 Å². The van der Waals surface area contributed by atoms with Crippen LogP contribution in [0, 0.1) is 0 Å². The fourth-order valence-corrected chi connectivity index (χ4v) is 4.47. The Morgan fingerprint density at radius 2 is 1.26 bits per heavy atom. The third-order valence-corrected chi connectivity index (χ3v) is 5.90. The van der Waals surface area contributed by atoms with Crippen molar-refractivity contribution < 1.29 is 27.7 Å². The van der Waals surface area contributed by atoms with Gasteiger partial charge in [-0.25, -0.2) is 0 Å². The van der Waals surface area contributed by atoms with E-state index >= 15 is 0 Å². The summed E-state index contributed by atoms with van der Waals surface area (Å²) in [5.41, 5.74) is 0. The lowest BCUT2D eigenvalue weighted by Gasteiger charge is -2.25. The highest BCUT2D eigenvalue weighted by atomic mass is 28.4. The molecular formula is C11H30O6Si2. The Morgan fingerprint density at radius 1 is 0.789 bits per heavy atom. The molecule has 0 aliphatic rings. The van der Waals surface area contributed by atoms with Crippen LogP contribution in [0.25, 0.3) is 0 Å². The molecule has 0 saturated carbocycles. The van der Waals surface area contributed by atoms with Crippen molar-refractivity contribution in [1.29, 1.82) is 0 Å². The third kappa shape index (κ3) is 16.1. The van der Waals surface area contributed by atoms with Crippen LogP contribution >= 0.6 is 0 Å². The smallest absolute Gasteiger partial charge is 0.395 e. The highest BCUT2D eigenvalue weighted by Crippen LogP contribution is 2.14. The van der Waals surface area contributed by atoms with Crippen LogP contribution in [0.5, 0.6) is 0 Å². The van der Waals surface area contributed by atoms with E-state index in [0.29, 0.717) is 6.42 Å². The zero-order chi connectivity index (χ0) is 15.4. The molecule has 0 spiro atoms.